The minimum absolute atomic E-state index is 0.00231. The van der Waals surface area contributed by atoms with E-state index in [0.717, 1.165) is 0 Å². The molecule has 0 N–H and O–H groups in total. The summed E-state index contributed by atoms with van der Waals surface area (Å²) in [6, 6.07) is 10.3. The molecule has 0 amide bonds. The lowest BCUT2D eigenvalue weighted by Crippen LogP contribution is -2.23. The molecule has 0 saturated carbocycles. The summed E-state index contributed by atoms with van der Waals surface area (Å²) in [6.45, 7) is 5.30. The fourth-order valence-corrected chi connectivity index (χ4v) is 0.661. The zero-order chi connectivity index (χ0) is 10.8. The van der Waals surface area contributed by atoms with Crippen molar-refractivity contribution in [2.24, 2.45) is 0 Å². The third kappa shape index (κ3) is 8.33. The van der Waals surface area contributed by atoms with Gasteiger partial charge in [-0.3, -0.25) is 0 Å². The summed E-state index contributed by atoms with van der Waals surface area (Å²) >= 11 is 0. The Kier molecular flexibility index (Phi) is 6.86. The lowest BCUT2D eigenvalue weighted by molar-refractivity contribution is -0.281. The first-order valence-electron chi connectivity index (χ1n) is 4.13. The van der Waals surface area contributed by atoms with E-state index in [1.165, 1.54) is 11.6 Å². The average molecular weight is 193 g/mol. The van der Waals surface area contributed by atoms with E-state index in [2.05, 4.69) is 30.4 Å². The van der Waals surface area contributed by atoms with Crippen LogP contribution in [0.4, 0.5) is 4.79 Å². The Morgan fingerprint density at radius 2 is 2.07 bits per heavy atom. The van der Waals surface area contributed by atoms with Gasteiger partial charge in [-0.2, -0.15) is 0 Å². The molecule has 0 aromatic heterocycles. The molecule has 1 aromatic rings. The lowest BCUT2D eigenvalue weighted by atomic mass is 10.2. The molecule has 0 heterocycles. The van der Waals surface area contributed by atoms with E-state index in [1.807, 2.05) is 18.2 Å². The van der Waals surface area contributed by atoms with E-state index in [0.29, 0.717) is 0 Å². The van der Waals surface area contributed by atoms with Gasteiger partial charge < -0.3 is 14.6 Å². The molecule has 0 aliphatic heterocycles. The molecule has 0 unspecified atom stereocenters. The molecule has 0 bridgehead atoms. The Morgan fingerprint density at radius 1 is 1.50 bits per heavy atom. The van der Waals surface area contributed by atoms with Crippen molar-refractivity contribution < 1.29 is 14.6 Å². The van der Waals surface area contributed by atoms with Crippen LogP contribution in [0.15, 0.2) is 43.0 Å². The van der Waals surface area contributed by atoms with E-state index < -0.39 is 6.16 Å². The second-order valence-electron chi connectivity index (χ2n) is 2.50. The Morgan fingerprint density at radius 3 is 2.29 bits per heavy atom. The standard InChI is InChI=1S/C7H8.C4H6O3/c1-7-5-3-2-4-6-7;1-2-3-7-4(5)6/h2-6H,1H3;2H,1,3H2,(H,5,6)/p-1. The van der Waals surface area contributed by atoms with Crippen molar-refractivity contribution in [3.8, 4) is 0 Å². The SMILES string of the molecule is C=CCOC(=O)[O-].Cc1ccccc1. The van der Waals surface area contributed by atoms with Gasteiger partial charge in [0.05, 0.1) is 0 Å². The van der Waals surface area contributed by atoms with Crippen LogP contribution < -0.4 is 5.11 Å². The van der Waals surface area contributed by atoms with Crippen molar-refractivity contribution in [2.75, 3.05) is 6.61 Å². The molecule has 0 aliphatic carbocycles. The van der Waals surface area contributed by atoms with Gasteiger partial charge >= 0.3 is 0 Å². The summed E-state index contributed by atoms with van der Waals surface area (Å²) in [6.07, 6.45) is -0.185. The molecule has 3 nitrogen and oxygen atoms in total. The van der Waals surface area contributed by atoms with Gasteiger partial charge in [-0.15, -0.1) is 6.58 Å². The number of benzene rings is 1. The predicted octanol–water partition coefficient (Wildman–Crippen LogP) is 1.53. The summed E-state index contributed by atoms with van der Waals surface area (Å²) in [7, 11) is 0. The van der Waals surface area contributed by atoms with Crippen LogP contribution in [0.2, 0.25) is 0 Å². The fraction of sp³-hybridized carbons (Fsp3) is 0.182. The van der Waals surface area contributed by atoms with Crippen molar-refractivity contribution in [3.63, 3.8) is 0 Å². The van der Waals surface area contributed by atoms with Crippen molar-refractivity contribution in [2.45, 2.75) is 6.92 Å². The van der Waals surface area contributed by atoms with Crippen LogP contribution in [0.5, 0.6) is 0 Å². The Labute approximate surface area is 83.6 Å². The van der Waals surface area contributed by atoms with Crippen LogP contribution in [0.1, 0.15) is 5.56 Å². The highest BCUT2D eigenvalue weighted by atomic mass is 16.7. The highest BCUT2D eigenvalue weighted by Gasteiger charge is 1.73. The highest BCUT2D eigenvalue weighted by Crippen LogP contribution is 1.92. The van der Waals surface area contributed by atoms with Crippen LogP contribution in [0.3, 0.4) is 0 Å². The van der Waals surface area contributed by atoms with Crippen molar-refractivity contribution >= 4 is 6.16 Å². The zero-order valence-electron chi connectivity index (χ0n) is 8.10. The normalized spacial score (nSPS) is 8.07. The zero-order valence-corrected chi connectivity index (χ0v) is 8.10. The Bertz CT molecular complexity index is 267. The number of hydrogen-bond acceptors (Lipinski definition) is 3. The van der Waals surface area contributed by atoms with Gasteiger partial charge in [-0.05, 0) is 6.92 Å². The first-order valence-corrected chi connectivity index (χ1v) is 4.13. The molecule has 0 atom stereocenters. The second kappa shape index (κ2) is 7.86. The number of ether oxygens (including phenoxy) is 1. The summed E-state index contributed by atoms with van der Waals surface area (Å²) in [5.41, 5.74) is 1.32. The molecular formula is C11H13O3-. The topological polar surface area (TPSA) is 49.4 Å². The maximum atomic E-state index is 9.38. The molecule has 0 spiro atoms. The van der Waals surface area contributed by atoms with Gasteiger partial charge in [-0.25, -0.2) is 0 Å². The first-order chi connectivity index (χ1) is 6.66. The van der Waals surface area contributed by atoms with Crippen molar-refractivity contribution in [3.05, 3.63) is 48.6 Å². The third-order valence-electron chi connectivity index (χ3n) is 1.26. The van der Waals surface area contributed by atoms with Crippen molar-refractivity contribution in [1.82, 2.24) is 0 Å². The van der Waals surface area contributed by atoms with Gasteiger partial charge in [0, 0.05) is 6.61 Å². The maximum absolute atomic E-state index is 9.38. The Hall–Kier alpha value is -1.77. The van der Waals surface area contributed by atoms with Crippen LogP contribution in [0, 0.1) is 6.92 Å². The minimum atomic E-state index is -1.51. The van der Waals surface area contributed by atoms with E-state index in [1.54, 1.807) is 0 Å². The van der Waals surface area contributed by atoms with Crippen LogP contribution >= 0.6 is 0 Å². The first kappa shape index (κ1) is 12.2. The molecule has 14 heavy (non-hydrogen) atoms. The minimum Gasteiger partial charge on any atom is -0.546 e. The fourth-order valence-electron chi connectivity index (χ4n) is 0.661. The maximum Gasteiger partial charge on any atom is 0.252 e. The molecule has 1 aromatic carbocycles. The number of carbonyl (C=O) groups is 1. The second-order valence-corrected chi connectivity index (χ2v) is 2.50. The number of rotatable bonds is 2. The van der Waals surface area contributed by atoms with Crippen LogP contribution in [-0.2, 0) is 4.74 Å². The average Bonchev–Trinajstić information content (AvgIpc) is 2.17. The third-order valence-corrected chi connectivity index (χ3v) is 1.26. The summed E-state index contributed by atoms with van der Waals surface area (Å²) in [5, 5.41) is 9.38. The summed E-state index contributed by atoms with van der Waals surface area (Å²) < 4.78 is 3.88. The molecular weight excluding hydrogens is 180 g/mol. The molecule has 0 saturated heterocycles. The smallest absolute Gasteiger partial charge is 0.252 e. The number of aryl methyl sites for hydroxylation is 1. The van der Waals surface area contributed by atoms with E-state index in [9.17, 15) is 9.90 Å². The van der Waals surface area contributed by atoms with Crippen LogP contribution in [-0.4, -0.2) is 12.8 Å². The van der Waals surface area contributed by atoms with Gasteiger partial charge in [0.25, 0.3) is 6.16 Å². The van der Waals surface area contributed by atoms with E-state index >= 15 is 0 Å². The van der Waals surface area contributed by atoms with E-state index in [4.69, 9.17) is 0 Å². The molecule has 76 valence electrons. The quantitative estimate of drug-likeness (QED) is 0.528. The largest absolute Gasteiger partial charge is 0.546 e. The van der Waals surface area contributed by atoms with Crippen molar-refractivity contribution in [1.29, 1.82) is 0 Å². The number of carboxylic acid groups (broad SMARTS) is 1. The molecule has 0 fully saturated rings. The van der Waals surface area contributed by atoms with Gasteiger partial charge in [-0.1, -0.05) is 42.0 Å². The predicted molar refractivity (Wildman–Crippen MR) is 52.7 cm³/mol. The molecule has 3 heteroatoms. The molecule has 1 rings (SSSR count). The lowest BCUT2D eigenvalue weighted by Gasteiger charge is -2.00. The Balaban J connectivity index is 0.000000241. The number of hydrogen-bond donors (Lipinski definition) is 0. The monoisotopic (exact) mass is 193 g/mol. The van der Waals surface area contributed by atoms with Crippen LogP contribution in [0.25, 0.3) is 0 Å². The highest BCUT2D eigenvalue weighted by molar-refractivity contribution is 5.54. The molecule has 0 aliphatic rings. The van der Waals surface area contributed by atoms with Gasteiger partial charge in [0.1, 0.15) is 0 Å². The summed E-state index contributed by atoms with van der Waals surface area (Å²) in [4.78, 5) is 9.38. The van der Waals surface area contributed by atoms with Gasteiger partial charge in [0.15, 0.2) is 0 Å². The van der Waals surface area contributed by atoms with Gasteiger partial charge in [0.2, 0.25) is 0 Å². The van der Waals surface area contributed by atoms with E-state index in [-0.39, 0.29) is 6.61 Å². The summed E-state index contributed by atoms with van der Waals surface area (Å²) in [5.74, 6) is 0. The number of carbonyl (C=O) groups excluding carboxylic acids is 1. The molecule has 0 radical (unpaired) electrons.